The zero-order valence-corrected chi connectivity index (χ0v) is 11.1. The summed E-state index contributed by atoms with van der Waals surface area (Å²) in [4.78, 5) is 10.6. The van der Waals surface area contributed by atoms with E-state index in [4.69, 9.17) is 9.47 Å². The highest BCUT2D eigenvalue weighted by molar-refractivity contribution is 5.93. The van der Waals surface area contributed by atoms with Gasteiger partial charge in [0.2, 0.25) is 0 Å². The third kappa shape index (κ3) is 8.60. The molecular formula is C14H22O3. The molecule has 1 aromatic carbocycles. The minimum atomic E-state index is -0.0370. The van der Waals surface area contributed by atoms with Crippen LogP contribution in [0.15, 0.2) is 30.3 Å². The second-order valence-corrected chi connectivity index (χ2v) is 3.40. The Morgan fingerprint density at radius 2 is 1.59 bits per heavy atom. The fourth-order valence-corrected chi connectivity index (χ4v) is 1.19. The second-order valence-electron chi connectivity index (χ2n) is 3.40. The van der Waals surface area contributed by atoms with E-state index in [0.29, 0.717) is 0 Å². The fourth-order valence-electron chi connectivity index (χ4n) is 1.19. The van der Waals surface area contributed by atoms with Crippen molar-refractivity contribution in [1.82, 2.24) is 0 Å². The van der Waals surface area contributed by atoms with Gasteiger partial charge in [-0.1, -0.05) is 30.3 Å². The number of carbonyl (C=O) groups is 1. The predicted molar refractivity (Wildman–Crippen MR) is 69.2 cm³/mol. The first-order valence-corrected chi connectivity index (χ1v) is 5.91. The van der Waals surface area contributed by atoms with E-state index in [-0.39, 0.29) is 12.1 Å². The molecule has 0 saturated carbocycles. The number of ether oxygens (including phenoxy) is 2. The maximum Gasteiger partial charge on any atom is 0.159 e. The first-order chi connectivity index (χ1) is 8.11. The molecule has 0 amide bonds. The molecule has 3 heteroatoms. The van der Waals surface area contributed by atoms with E-state index in [9.17, 15) is 4.79 Å². The molecule has 0 bridgehead atoms. The van der Waals surface area contributed by atoms with Crippen molar-refractivity contribution < 1.29 is 14.3 Å². The van der Waals surface area contributed by atoms with Gasteiger partial charge in [0.05, 0.1) is 0 Å². The lowest BCUT2D eigenvalue weighted by Gasteiger charge is -2.09. The number of carbonyl (C=O) groups excluding carboxylic acids is 1. The summed E-state index contributed by atoms with van der Waals surface area (Å²) in [5.74, 6) is 0.121. The maximum absolute atomic E-state index is 10.6. The van der Waals surface area contributed by atoms with Gasteiger partial charge in [0.1, 0.15) is 0 Å². The SMILES string of the molecule is CC(=O)c1ccccc1.CCOC(C)OCC. The van der Waals surface area contributed by atoms with Gasteiger partial charge in [-0.2, -0.15) is 0 Å². The molecule has 0 radical (unpaired) electrons. The lowest BCUT2D eigenvalue weighted by molar-refractivity contribution is -0.123. The Labute approximate surface area is 104 Å². The van der Waals surface area contributed by atoms with Crippen LogP contribution in [0.5, 0.6) is 0 Å². The fraction of sp³-hybridized carbons (Fsp3) is 0.500. The molecule has 1 aromatic rings. The first-order valence-electron chi connectivity index (χ1n) is 5.91. The predicted octanol–water partition coefficient (Wildman–Crippen LogP) is 3.29. The topological polar surface area (TPSA) is 35.5 Å². The molecule has 96 valence electrons. The van der Waals surface area contributed by atoms with Crippen molar-refractivity contribution in [1.29, 1.82) is 0 Å². The van der Waals surface area contributed by atoms with Crippen LogP contribution >= 0.6 is 0 Å². The summed E-state index contributed by atoms with van der Waals surface area (Å²) in [6.07, 6.45) is -0.0370. The largest absolute Gasteiger partial charge is 0.353 e. The summed E-state index contributed by atoms with van der Waals surface area (Å²) < 4.78 is 10.1. The molecule has 3 nitrogen and oxygen atoms in total. The number of hydrogen-bond donors (Lipinski definition) is 0. The molecule has 0 aliphatic rings. The van der Waals surface area contributed by atoms with Gasteiger partial charge in [-0.3, -0.25) is 4.79 Å². The standard InChI is InChI=1S/C8H8O.C6H14O2/c1-7(9)8-5-3-2-4-6-8;1-4-7-6(3)8-5-2/h2-6H,1H3;6H,4-5H2,1-3H3. The average molecular weight is 238 g/mol. The van der Waals surface area contributed by atoms with Gasteiger partial charge >= 0.3 is 0 Å². The Morgan fingerprint density at radius 3 is 1.88 bits per heavy atom. The number of ketones is 1. The monoisotopic (exact) mass is 238 g/mol. The molecule has 0 N–H and O–H groups in total. The summed E-state index contributed by atoms with van der Waals surface area (Å²) in [6, 6.07) is 9.23. The highest BCUT2D eigenvalue weighted by Crippen LogP contribution is 1.97. The third-order valence-corrected chi connectivity index (χ3v) is 1.98. The molecule has 0 aliphatic carbocycles. The number of benzene rings is 1. The molecule has 0 fully saturated rings. The summed E-state index contributed by atoms with van der Waals surface area (Å²) >= 11 is 0. The van der Waals surface area contributed by atoms with Gasteiger partial charge in [0.25, 0.3) is 0 Å². The van der Waals surface area contributed by atoms with E-state index >= 15 is 0 Å². The molecule has 1 rings (SSSR count). The van der Waals surface area contributed by atoms with Gasteiger partial charge in [0, 0.05) is 18.8 Å². The summed E-state index contributed by atoms with van der Waals surface area (Å²) in [7, 11) is 0. The summed E-state index contributed by atoms with van der Waals surface area (Å²) in [6.45, 7) is 8.82. The zero-order valence-electron chi connectivity index (χ0n) is 11.1. The van der Waals surface area contributed by atoms with Crippen molar-refractivity contribution in [2.75, 3.05) is 13.2 Å². The number of rotatable bonds is 5. The van der Waals surface area contributed by atoms with Crippen molar-refractivity contribution in [3.63, 3.8) is 0 Å². The van der Waals surface area contributed by atoms with E-state index in [0.717, 1.165) is 18.8 Å². The van der Waals surface area contributed by atoms with E-state index in [1.165, 1.54) is 0 Å². The smallest absolute Gasteiger partial charge is 0.159 e. The molecule has 0 unspecified atom stereocenters. The Morgan fingerprint density at radius 1 is 1.12 bits per heavy atom. The van der Waals surface area contributed by atoms with Crippen LogP contribution in [0.2, 0.25) is 0 Å². The Balaban J connectivity index is 0.000000304. The molecule has 17 heavy (non-hydrogen) atoms. The highest BCUT2D eigenvalue weighted by atomic mass is 16.7. The average Bonchev–Trinajstić information content (AvgIpc) is 2.32. The number of hydrogen-bond acceptors (Lipinski definition) is 3. The Kier molecular flexibility index (Phi) is 9.30. The Bertz CT molecular complexity index is 290. The van der Waals surface area contributed by atoms with Crippen LogP contribution < -0.4 is 0 Å². The minimum Gasteiger partial charge on any atom is -0.353 e. The first kappa shape index (κ1) is 15.8. The molecule has 0 heterocycles. The van der Waals surface area contributed by atoms with Crippen LogP contribution in [-0.2, 0) is 9.47 Å². The van der Waals surface area contributed by atoms with E-state index in [1.807, 2.05) is 51.1 Å². The molecule has 0 atom stereocenters. The summed E-state index contributed by atoms with van der Waals surface area (Å²) in [5.41, 5.74) is 0.775. The van der Waals surface area contributed by atoms with Crippen LogP contribution in [0.1, 0.15) is 38.1 Å². The molecule has 0 aliphatic heterocycles. The Hall–Kier alpha value is -1.19. The van der Waals surface area contributed by atoms with E-state index in [2.05, 4.69) is 0 Å². The van der Waals surface area contributed by atoms with Crippen molar-refractivity contribution in [2.45, 2.75) is 34.0 Å². The van der Waals surface area contributed by atoms with E-state index in [1.54, 1.807) is 6.92 Å². The molecule has 0 spiro atoms. The lowest BCUT2D eigenvalue weighted by Crippen LogP contribution is -2.11. The summed E-state index contributed by atoms with van der Waals surface area (Å²) in [5, 5.41) is 0. The van der Waals surface area contributed by atoms with Gasteiger partial charge in [-0.05, 0) is 27.7 Å². The van der Waals surface area contributed by atoms with E-state index < -0.39 is 0 Å². The quantitative estimate of drug-likeness (QED) is 0.583. The van der Waals surface area contributed by atoms with Gasteiger partial charge in [-0.25, -0.2) is 0 Å². The van der Waals surface area contributed by atoms with Crippen molar-refractivity contribution >= 4 is 5.78 Å². The van der Waals surface area contributed by atoms with Crippen LogP contribution in [0.3, 0.4) is 0 Å². The van der Waals surface area contributed by atoms with Crippen LogP contribution in [-0.4, -0.2) is 25.3 Å². The highest BCUT2D eigenvalue weighted by Gasteiger charge is 1.94. The van der Waals surface area contributed by atoms with Crippen molar-refractivity contribution in [2.24, 2.45) is 0 Å². The van der Waals surface area contributed by atoms with Crippen LogP contribution in [0, 0.1) is 0 Å². The van der Waals surface area contributed by atoms with Gasteiger partial charge < -0.3 is 9.47 Å². The zero-order chi connectivity index (χ0) is 13.1. The van der Waals surface area contributed by atoms with Crippen molar-refractivity contribution in [3.8, 4) is 0 Å². The number of Topliss-reactive ketones (excluding diaryl/α,β-unsaturated/α-hetero) is 1. The maximum atomic E-state index is 10.6. The van der Waals surface area contributed by atoms with Crippen LogP contribution in [0.4, 0.5) is 0 Å². The lowest BCUT2D eigenvalue weighted by atomic mass is 10.2. The van der Waals surface area contributed by atoms with Crippen LogP contribution in [0.25, 0.3) is 0 Å². The normalized spacial score (nSPS) is 9.71. The molecular weight excluding hydrogens is 216 g/mol. The minimum absolute atomic E-state index is 0.0370. The molecule has 0 aromatic heterocycles. The van der Waals surface area contributed by atoms with Crippen molar-refractivity contribution in [3.05, 3.63) is 35.9 Å². The molecule has 0 saturated heterocycles. The van der Waals surface area contributed by atoms with Gasteiger partial charge in [0.15, 0.2) is 12.1 Å². The second kappa shape index (κ2) is 10.00. The van der Waals surface area contributed by atoms with Gasteiger partial charge in [-0.15, -0.1) is 0 Å². The third-order valence-electron chi connectivity index (χ3n) is 1.98.